The van der Waals surface area contributed by atoms with Crippen LogP contribution in [0.15, 0.2) is 48.5 Å². The number of fused-ring (bicyclic) bond motifs is 3. The van der Waals surface area contributed by atoms with Crippen molar-refractivity contribution in [2.75, 3.05) is 13.6 Å². The van der Waals surface area contributed by atoms with Crippen LogP contribution in [0, 0.1) is 12.8 Å². The van der Waals surface area contributed by atoms with E-state index in [1.54, 1.807) is 0 Å². The van der Waals surface area contributed by atoms with Gasteiger partial charge in [-0.15, -0.1) is 0 Å². The summed E-state index contributed by atoms with van der Waals surface area (Å²) in [6, 6.07) is 16.0. The first-order valence-corrected chi connectivity index (χ1v) is 10.2. The van der Waals surface area contributed by atoms with Crippen LogP contribution in [0.5, 0.6) is 0 Å². The molecule has 1 aliphatic carbocycles. The summed E-state index contributed by atoms with van der Waals surface area (Å²) < 4.78 is 0. The molecule has 5 rings (SSSR count). The summed E-state index contributed by atoms with van der Waals surface area (Å²) in [6.45, 7) is 3.05. The molecule has 142 valence electrons. The highest BCUT2D eigenvalue weighted by atomic mass is 35.5. The summed E-state index contributed by atoms with van der Waals surface area (Å²) >= 11 is 6.44. The van der Waals surface area contributed by atoms with E-state index in [0.29, 0.717) is 10.6 Å². The van der Waals surface area contributed by atoms with E-state index in [0.717, 1.165) is 30.9 Å². The van der Waals surface area contributed by atoms with Gasteiger partial charge in [0.15, 0.2) is 0 Å². The molecule has 27 heavy (non-hydrogen) atoms. The minimum Gasteiger partial charge on any atom is -0.343 e. The Hall–Kier alpha value is -1.84. The van der Waals surface area contributed by atoms with Crippen molar-refractivity contribution in [1.29, 1.82) is 0 Å². The maximum Gasteiger partial charge on any atom is 0.253 e. The monoisotopic (exact) mass is 382 g/mol. The highest BCUT2D eigenvalue weighted by molar-refractivity contribution is 6.34. The normalized spacial score (nSPS) is 26.0. The van der Waals surface area contributed by atoms with Crippen LogP contribution in [0.2, 0.25) is 5.02 Å². The van der Waals surface area contributed by atoms with Crippen LogP contribution in [0.4, 0.5) is 0 Å². The molecule has 2 saturated heterocycles. The van der Waals surface area contributed by atoms with Gasteiger partial charge in [-0.1, -0.05) is 54.1 Å². The largest absolute Gasteiger partial charge is 0.343 e. The van der Waals surface area contributed by atoms with Crippen molar-refractivity contribution in [2.24, 2.45) is 5.92 Å². The molecule has 1 saturated carbocycles. The Morgan fingerprint density at radius 3 is 2.52 bits per heavy atom. The molecular formula is C23H27ClN2O. The fraction of sp³-hybridized carbons (Fsp3) is 0.435. The van der Waals surface area contributed by atoms with Crippen molar-refractivity contribution in [3.05, 3.63) is 70.2 Å². The van der Waals surface area contributed by atoms with Crippen LogP contribution in [0.1, 0.15) is 53.2 Å². The van der Waals surface area contributed by atoms with Crippen LogP contribution in [0.3, 0.4) is 0 Å². The Bertz CT molecular complexity index is 828. The van der Waals surface area contributed by atoms with Gasteiger partial charge in [-0.3, -0.25) is 9.69 Å². The number of benzene rings is 2. The van der Waals surface area contributed by atoms with Gasteiger partial charge in [0.25, 0.3) is 5.91 Å². The van der Waals surface area contributed by atoms with Crippen molar-refractivity contribution in [1.82, 2.24) is 10.2 Å². The number of hydrogen-bond acceptors (Lipinski definition) is 2. The lowest BCUT2D eigenvalue weighted by Crippen LogP contribution is -2.62. The van der Waals surface area contributed by atoms with E-state index in [1.807, 2.05) is 31.2 Å². The zero-order valence-electron chi connectivity index (χ0n) is 16.0. The minimum absolute atomic E-state index is 0.0257. The van der Waals surface area contributed by atoms with Crippen LogP contribution >= 0.6 is 11.6 Å². The molecule has 3 nitrogen and oxygen atoms in total. The fourth-order valence-electron chi connectivity index (χ4n) is 5.02. The fourth-order valence-corrected chi connectivity index (χ4v) is 5.24. The molecule has 0 spiro atoms. The molecule has 0 aromatic heterocycles. The van der Waals surface area contributed by atoms with Gasteiger partial charge in [0.1, 0.15) is 0 Å². The van der Waals surface area contributed by atoms with Gasteiger partial charge in [0.2, 0.25) is 0 Å². The van der Waals surface area contributed by atoms with Crippen molar-refractivity contribution in [2.45, 2.75) is 44.2 Å². The van der Waals surface area contributed by atoms with E-state index in [-0.39, 0.29) is 17.5 Å². The van der Waals surface area contributed by atoms with Crippen molar-refractivity contribution >= 4 is 17.5 Å². The quantitative estimate of drug-likeness (QED) is 0.807. The molecule has 1 unspecified atom stereocenters. The zero-order valence-corrected chi connectivity index (χ0v) is 16.8. The number of carbonyl (C=O) groups is 1. The Kier molecular flexibility index (Phi) is 5.00. The van der Waals surface area contributed by atoms with Crippen molar-refractivity contribution in [3.8, 4) is 0 Å². The number of rotatable bonds is 4. The third kappa shape index (κ3) is 3.28. The number of likely N-dealkylation sites (N-methyl/N-ethyl adjacent to an activating group) is 1. The molecule has 2 aromatic carbocycles. The molecule has 1 atom stereocenters. The number of nitrogens with one attached hydrogen (secondary N) is 1. The van der Waals surface area contributed by atoms with Crippen LogP contribution in [-0.4, -0.2) is 29.9 Å². The number of halogens is 1. The van der Waals surface area contributed by atoms with Crippen LogP contribution in [-0.2, 0) is 0 Å². The summed E-state index contributed by atoms with van der Waals surface area (Å²) in [5.74, 6) is 0.711. The third-order valence-corrected chi connectivity index (χ3v) is 7.15. The molecular weight excluding hydrogens is 356 g/mol. The molecule has 1 N–H and O–H groups in total. The lowest BCUT2D eigenvalue weighted by atomic mass is 9.66. The number of hydrogen-bond donors (Lipinski definition) is 1. The topological polar surface area (TPSA) is 32.3 Å². The number of amides is 1. The number of nitrogens with zero attached hydrogens (tertiary/aromatic N) is 1. The van der Waals surface area contributed by atoms with E-state index in [9.17, 15) is 4.79 Å². The van der Waals surface area contributed by atoms with E-state index < -0.39 is 0 Å². The van der Waals surface area contributed by atoms with Crippen LogP contribution < -0.4 is 5.32 Å². The van der Waals surface area contributed by atoms with Gasteiger partial charge in [0, 0.05) is 12.1 Å². The Morgan fingerprint density at radius 2 is 1.85 bits per heavy atom. The predicted molar refractivity (Wildman–Crippen MR) is 110 cm³/mol. The molecule has 3 fully saturated rings. The molecule has 2 heterocycles. The second-order valence-electron chi connectivity index (χ2n) is 8.18. The zero-order chi connectivity index (χ0) is 19.0. The van der Waals surface area contributed by atoms with E-state index >= 15 is 0 Å². The average Bonchev–Trinajstić information content (AvgIpc) is 2.69. The maximum atomic E-state index is 13.2. The van der Waals surface area contributed by atoms with Gasteiger partial charge < -0.3 is 5.32 Å². The molecule has 1 amide bonds. The van der Waals surface area contributed by atoms with Gasteiger partial charge in [-0.2, -0.15) is 0 Å². The molecule has 2 aromatic rings. The van der Waals surface area contributed by atoms with E-state index in [4.69, 9.17) is 11.6 Å². The minimum atomic E-state index is -0.0898. The Labute approximate surface area is 166 Å². The summed E-state index contributed by atoms with van der Waals surface area (Å²) in [5, 5.41) is 3.91. The Balaban J connectivity index is 1.71. The van der Waals surface area contributed by atoms with Gasteiger partial charge >= 0.3 is 0 Å². The highest BCUT2D eigenvalue weighted by Crippen LogP contribution is 2.49. The summed E-state index contributed by atoms with van der Waals surface area (Å²) in [7, 11) is 2.22. The first-order valence-electron chi connectivity index (χ1n) is 9.83. The SMILES string of the molecule is Cc1cccc(C(=O)NC(c2ccccc2)C23CCC(CC2)CN3C)c1Cl. The van der Waals surface area contributed by atoms with E-state index in [1.165, 1.54) is 18.4 Å². The summed E-state index contributed by atoms with van der Waals surface area (Å²) in [6.07, 6.45) is 4.73. The smallest absolute Gasteiger partial charge is 0.253 e. The third-order valence-electron chi connectivity index (χ3n) is 6.65. The second-order valence-corrected chi connectivity index (χ2v) is 8.56. The van der Waals surface area contributed by atoms with Gasteiger partial charge in [-0.05, 0) is 62.8 Å². The predicted octanol–water partition coefficient (Wildman–Crippen LogP) is 4.99. The van der Waals surface area contributed by atoms with Crippen LogP contribution in [0.25, 0.3) is 0 Å². The molecule has 3 aliphatic rings. The highest BCUT2D eigenvalue weighted by Gasteiger charge is 2.50. The number of carbonyl (C=O) groups excluding carboxylic acids is 1. The maximum absolute atomic E-state index is 13.2. The van der Waals surface area contributed by atoms with Crippen molar-refractivity contribution in [3.63, 3.8) is 0 Å². The summed E-state index contributed by atoms with van der Waals surface area (Å²) in [5.41, 5.74) is 2.62. The van der Waals surface area contributed by atoms with Gasteiger partial charge in [0.05, 0.1) is 16.6 Å². The Morgan fingerprint density at radius 1 is 1.15 bits per heavy atom. The van der Waals surface area contributed by atoms with E-state index in [2.05, 4.69) is 41.5 Å². The first-order chi connectivity index (χ1) is 13.0. The molecule has 0 radical (unpaired) electrons. The lowest BCUT2D eigenvalue weighted by Gasteiger charge is -2.57. The average molecular weight is 383 g/mol. The second kappa shape index (κ2) is 7.29. The first kappa shape index (κ1) is 18.5. The van der Waals surface area contributed by atoms with Crippen molar-refractivity contribution < 1.29 is 4.79 Å². The summed E-state index contributed by atoms with van der Waals surface area (Å²) in [4.78, 5) is 15.7. The lowest BCUT2D eigenvalue weighted by molar-refractivity contribution is -0.0404. The number of aryl methyl sites for hydroxylation is 1. The standard InChI is InChI=1S/C23H27ClN2O/c1-16-7-6-10-19(20(16)24)22(27)25-21(18-8-4-3-5-9-18)23-13-11-17(12-14-23)15-26(23)2/h3-10,17,21H,11-15H2,1-2H3,(H,25,27). The molecule has 4 heteroatoms. The van der Waals surface area contributed by atoms with Gasteiger partial charge in [-0.25, -0.2) is 0 Å². The molecule has 2 aliphatic heterocycles. The number of piperidine rings is 2. The molecule has 2 bridgehead atoms.